The highest BCUT2D eigenvalue weighted by Gasteiger charge is 2.11. The van der Waals surface area contributed by atoms with Gasteiger partial charge in [0.25, 0.3) is 0 Å². The lowest BCUT2D eigenvalue weighted by molar-refractivity contribution is 0.108. The fourth-order valence-electron chi connectivity index (χ4n) is 1.73. The highest BCUT2D eigenvalue weighted by atomic mass is 32.1. The summed E-state index contributed by atoms with van der Waals surface area (Å²) in [6, 6.07) is 9.20. The van der Waals surface area contributed by atoms with Crippen molar-refractivity contribution in [1.82, 2.24) is 0 Å². The Balaban J connectivity index is 2.58. The minimum Gasteiger partial charge on any atom is -0.507 e. The summed E-state index contributed by atoms with van der Waals surface area (Å²) >= 11 is 3.67. The number of halogens is 1. The molecule has 0 radical (unpaired) electrons. The standard InChI is InChI=1S/C14H11FO2S/c1-8-2-4-10(12(15)6-8)9-3-5-13(16)11(7-9)14(17)18/h2-7,16H,1H3,(H,17,18). The van der Waals surface area contributed by atoms with Gasteiger partial charge in [-0.2, -0.15) is 0 Å². The SMILES string of the molecule is Cc1ccc(-c2ccc(O)c(C(=O)S)c2)c(F)c1. The average molecular weight is 262 g/mol. The monoisotopic (exact) mass is 262 g/mol. The van der Waals surface area contributed by atoms with E-state index in [0.29, 0.717) is 11.1 Å². The number of aromatic hydroxyl groups is 1. The Hall–Kier alpha value is -1.81. The van der Waals surface area contributed by atoms with Gasteiger partial charge in [-0.3, -0.25) is 4.79 Å². The number of phenols is 1. The second kappa shape index (κ2) is 4.82. The predicted molar refractivity (Wildman–Crippen MR) is 71.6 cm³/mol. The van der Waals surface area contributed by atoms with Crippen molar-refractivity contribution in [2.45, 2.75) is 6.92 Å². The van der Waals surface area contributed by atoms with Crippen molar-refractivity contribution in [2.24, 2.45) is 0 Å². The Kier molecular flexibility index (Phi) is 3.39. The fourth-order valence-corrected chi connectivity index (χ4v) is 1.91. The molecule has 0 bridgehead atoms. The molecule has 0 aliphatic heterocycles. The van der Waals surface area contributed by atoms with E-state index in [1.54, 1.807) is 25.1 Å². The van der Waals surface area contributed by atoms with Crippen LogP contribution >= 0.6 is 12.6 Å². The molecule has 2 aromatic carbocycles. The Labute approximate surface area is 109 Å². The van der Waals surface area contributed by atoms with Gasteiger partial charge >= 0.3 is 0 Å². The molecule has 0 saturated carbocycles. The van der Waals surface area contributed by atoms with Gasteiger partial charge < -0.3 is 5.11 Å². The van der Waals surface area contributed by atoms with Crippen molar-refractivity contribution in [3.8, 4) is 16.9 Å². The smallest absolute Gasteiger partial charge is 0.220 e. The van der Waals surface area contributed by atoms with Crippen LogP contribution in [0.25, 0.3) is 11.1 Å². The Morgan fingerprint density at radius 2 is 1.94 bits per heavy atom. The van der Waals surface area contributed by atoms with Crippen molar-refractivity contribution in [3.05, 3.63) is 53.3 Å². The molecule has 0 aliphatic rings. The van der Waals surface area contributed by atoms with Crippen LogP contribution in [0.5, 0.6) is 5.75 Å². The molecular weight excluding hydrogens is 251 g/mol. The molecule has 1 N–H and O–H groups in total. The molecule has 92 valence electrons. The number of thiol groups is 1. The molecule has 0 saturated heterocycles. The van der Waals surface area contributed by atoms with Crippen LogP contribution in [0.4, 0.5) is 4.39 Å². The molecule has 0 amide bonds. The van der Waals surface area contributed by atoms with Gasteiger partial charge in [-0.25, -0.2) is 4.39 Å². The topological polar surface area (TPSA) is 37.3 Å². The van der Waals surface area contributed by atoms with Gasteiger partial charge in [-0.1, -0.05) is 18.2 Å². The number of rotatable bonds is 2. The first kappa shape index (κ1) is 12.6. The lowest BCUT2D eigenvalue weighted by atomic mass is 10.0. The van der Waals surface area contributed by atoms with Crippen molar-refractivity contribution in [3.63, 3.8) is 0 Å². The average Bonchev–Trinajstić information content (AvgIpc) is 2.30. The van der Waals surface area contributed by atoms with E-state index in [-0.39, 0.29) is 17.1 Å². The molecule has 0 unspecified atom stereocenters. The maximum absolute atomic E-state index is 13.8. The lowest BCUT2D eigenvalue weighted by Crippen LogP contribution is -1.92. The summed E-state index contributed by atoms with van der Waals surface area (Å²) in [4.78, 5) is 11.2. The van der Waals surface area contributed by atoms with Gasteiger partial charge in [0.1, 0.15) is 11.6 Å². The van der Waals surface area contributed by atoms with Gasteiger partial charge in [0.05, 0.1) is 5.56 Å². The zero-order valence-electron chi connectivity index (χ0n) is 9.64. The second-order valence-electron chi connectivity index (χ2n) is 4.02. The van der Waals surface area contributed by atoms with E-state index in [0.717, 1.165) is 5.56 Å². The molecule has 2 nitrogen and oxygen atoms in total. The van der Waals surface area contributed by atoms with Crippen LogP contribution in [-0.4, -0.2) is 10.2 Å². The molecule has 2 aromatic rings. The lowest BCUT2D eigenvalue weighted by Gasteiger charge is -2.07. The maximum atomic E-state index is 13.8. The van der Waals surface area contributed by atoms with E-state index in [2.05, 4.69) is 12.6 Å². The summed E-state index contributed by atoms with van der Waals surface area (Å²) in [6.07, 6.45) is 0. The molecule has 0 aromatic heterocycles. The van der Waals surface area contributed by atoms with Crippen LogP contribution < -0.4 is 0 Å². The summed E-state index contributed by atoms with van der Waals surface area (Å²) in [5.74, 6) is -0.524. The summed E-state index contributed by atoms with van der Waals surface area (Å²) < 4.78 is 13.8. The van der Waals surface area contributed by atoms with Crippen LogP contribution in [0.2, 0.25) is 0 Å². The summed E-state index contributed by atoms with van der Waals surface area (Å²) in [7, 11) is 0. The largest absolute Gasteiger partial charge is 0.507 e. The Morgan fingerprint density at radius 3 is 2.56 bits per heavy atom. The minimum absolute atomic E-state index is 0.0656. The highest BCUT2D eigenvalue weighted by Crippen LogP contribution is 2.29. The first-order valence-electron chi connectivity index (χ1n) is 5.32. The Morgan fingerprint density at radius 1 is 1.22 bits per heavy atom. The number of aryl methyl sites for hydroxylation is 1. The molecule has 0 atom stereocenters. The van der Waals surface area contributed by atoms with E-state index >= 15 is 0 Å². The number of phenolic OH excluding ortho intramolecular Hbond substituents is 1. The molecule has 0 fully saturated rings. The minimum atomic E-state index is -0.554. The summed E-state index contributed by atoms with van der Waals surface area (Å²) in [5, 5.41) is 8.95. The van der Waals surface area contributed by atoms with Crippen LogP contribution in [0.3, 0.4) is 0 Å². The molecule has 18 heavy (non-hydrogen) atoms. The van der Waals surface area contributed by atoms with E-state index in [1.165, 1.54) is 18.2 Å². The first-order chi connectivity index (χ1) is 8.49. The quantitative estimate of drug-likeness (QED) is 0.812. The Bertz CT molecular complexity index is 623. The van der Waals surface area contributed by atoms with Gasteiger partial charge in [0.2, 0.25) is 5.12 Å². The van der Waals surface area contributed by atoms with Gasteiger partial charge in [-0.15, -0.1) is 12.6 Å². The van der Waals surface area contributed by atoms with Gasteiger partial charge in [0.15, 0.2) is 0 Å². The third-order valence-corrected chi connectivity index (χ3v) is 2.90. The number of benzene rings is 2. The molecule has 0 heterocycles. The molecular formula is C14H11FO2S. The van der Waals surface area contributed by atoms with E-state index in [1.807, 2.05) is 0 Å². The molecule has 4 heteroatoms. The second-order valence-corrected chi connectivity index (χ2v) is 4.43. The zero-order valence-corrected chi connectivity index (χ0v) is 10.5. The van der Waals surface area contributed by atoms with E-state index in [9.17, 15) is 14.3 Å². The fraction of sp³-hybridized carbons (Fsp3) is 0.0714. The van der Waals surface area contributed by atoms with E-state index in [4.69, 9.17) is 0 Å². The van der Waals surface area contributed by atoms with Crippen molar-refractivity contribution in [2.75, 3.05) is 0 Å². The van der Waals surface area contributed by atoms with E-state index < -0.39 is 5.12 Å². The van der Waals surface area contributed by atoms with Gasteiger partial charge in [-0.05, 0) is 36.2 Å². The predicted octanol–water partition coefficient (Wildman–Crippen LogP) is 3.58. The van der Waals surface area contributed by atoms with Crippen LogP contribution in [0.1, 0.15) is 15.9 Å². The normalized spacial score (nSPS) is 10.4. The van der Waals surface area contributed by atoms with Crippen molar-refractivity contribution < 1.29 is 14.3 Å². The van der Waals surface area contributed by atoms with Crippen LogP contribution in [-0.2, 0) is 0 Å². The van der Waals surface area contributed by atoms with Crippen molar-refractivity contribution in [1.29, 1.82) is 0 Å². The van der Waals surface area contributed by atoms with Crippen LogP contribution in [0, 0.1) is 12.7 Å². The maximum Gasteiger partial charge on any atom is 0.220 e. The first-order valence-corrected chi connectivity index (χ1v) is 5.76. The summed E-state index contributed by atoms with van der Waals surface area (Å²) in [6.45, 7) is 1.80. The summed E-state index contributed by atoms with van der Waals surface area (Å²) in [5.41, 5.74) is 1.80. The highest BCUT2D eigenvalue weighted by molar-refractivity contribution is 7.97. The zero-order chi connectivity index (χ0) is 13.3. The molecule has 2 rings (SSSR count). The van der Waals surface area contributed by atoms with Gasteiger partial charge in [0, 0.05) is 5.56 Å². The molecule has 0 aliphatic carbocycles. The third-order valence-electron chi connectivity index (χ3n) is 2.66. The van der Waals surface area contributed by atoms with Crippen molar-refractivity contribution >= 4 is 17.7 Å². The number of hydrogen-bond donors (Lipinski definition) is 2. The number of carbonyl (C=O) groups is 1. The van der Waals surface area contributed by atoms with Crippen LogP contribution in [0.15, 0.2) is 36.4 Å². The number of carbonyl (C=O) groups excluding carboxylic acids is 1. The third kappa shape index (κ3) is 2.38. The number of hydrogen-bond acceptors (Lipinski definition) is 2. The molecule has 0 spiro atoms.